The van der Waals surface area contributed by atoms with Gasteiger partial charge in [0.1, 0.15) is 0 Å². The van der Waals surface area contributed by atoms with Gasteiger partial charge in [0.05, 0.1) is 0 Å². The molecule has 3 heteroatoms. The molecule has 0 aliphatic heterocycles. The van der Waals surface area contributed by atoms with Gasteiger partial charge in [0.25, 0.3) is 5.92 Å². The second kappa shape index (κ2) is 2.46. The van der Waals surface area contributed by atoms with Crippen molar-refractivity contribution in [2.75, 3.05) is 0 Å². The molecule has 0 aromatic carbocycles. The highest BCUT2D eigenvalue weighted by Gasteiger charge is 2.45. The van der Waals surface area contributed by atoms with Gasteiger partial charge in [-0.3, -0.25) is 0 Å². The fourth-order valence-electron chi connectivity index (χ4n) is 1.25. The Labute approximate surface area is 59.8 Å². The van der Waals surface area contributed by atoms with E-state index in [1.165, 1.54) is 0 Å². The van der Waals surface area contributed by atoms with Crippen molar-refractivity contribution in [3.63, 3.8) is 0 Å². The van der Waals surface area contributed by atoms with E-state index in [1.54, 1.807) is 0 Å². The summed E-state index contributed by atoms with van der Waals surface area (Å²) in [7, 11) is 0. The fraction of sp³-hybridized carbons (Fsp3) is 1.00. The summed E-state index contributed by atoms with van der Waals surface area (Å²) in [5.41, 5.74) is 0. The molecule has 1 saturated carbocycles. The average Bonchev–Trinajstić information content (AvgIpc) is 1.57. The highest BCUT2D eigenvalue weighted by Crippen LogP contribution is 2.37. The summed E-state index contributed by atoms with van der Waals surface area (Å²) in [5.74, 6) is -2.38. The predicted molar refractivity (Wildman–Crippen MR) is 36.2 cm³/mol. The molecule has 0 unspecified atom stereocenters. The Hall–Kier alpha value is -0.180. The largest absolute Gasteiger partial charge is 0.311 e. The van der Waals surface area contributed by atoms with E-state index in [2.05, 4.69) is 5.32 Å². The third-order valence-electron chi connectivity index (χ3n) is 1.66. The number of hydrogen-bond donors (Lipinski definition) is 1. The highest BCUT2D eigenvalue weighted by molar-refractivity contribution is 4.91. The molecule has 60 valence electrons. The first-order chi connectivity index (χ1) is 4.49. The van der Waals surface area contributed by atoms with Crippen molar-refractivity contribution >= 4 is 0 Å². The van der Waals surface area contributed by atoms with E-state index in [-0.39, 0.29) is 18.9 Å². The molecule has 0 aromatic heterocycles. The lowest BCUT2D eigenvalue weighted by molar-refractivity contribution is -0.0940. The lowest BCUT2D eigenvalue weighted by atomic mass is 9.88. The first-order valence-corrected chi connectivity index (χ1v) is 3.63. The molecule has 1 N–H and O–H groups in total. The number of alkyl halides is 2. The summed E-state index contributed by atoms with van der Waals surface area (Å²) in [4.78, 5) is 0. The van der Waals surface area contributed by atoms with Crippen LogP contribution in [0.4, 0.5) is 8.78 Å². The SMILES string of the molecule is CC(C)NC1CC(F)(F)C1. The first kappa shape index (κ1) is 7.92. The normalized spacial score (nSPS) is 24.9. The Morgan fingerprint density at radius 3 is 2.20 bits per heavy atom. The van der Waals surface area contributed by atoms with Crippen molar-refractivity contribution in [3.8, 4) is 0 Å². The number of nitrogens with one attached hydrogen (secondary N) is 1. The molecule has 0 atom stereocenters. The third-order valence-corrected chi connectivity index (χ3v) is 1.66. The topological polar surface area (TPSA) is 12.0 Å². The van der Waals surface area contributed by atoms with Gasteiger partial charge in [-0.05, 0) is 0 Å². The van der Waals surface area contributed by atoms with Crippen LogP contribution in [0.15, 0.2) is 0 Å². The summed E-state index contributed by atoms with van der Waals surface area (Å²) in [6, 6.07) is 0.371. The molecular weight excluding hydrogens is 136 g/mol. The Morgan fingerprint density at radius 1 is 1.40 bits per heavy atom. The summed E-state index contributed by atoms with van der Waals surface area (Å²) < 4.78 is 24.4. The van der Waals surface area contributed by atoms with Crippen LogP contribution in [0.3, 0.4) is 0 Å². The van der Waals surface area contributed by atoms with Gasteiger partial charge in [0.15, 0.2) is 0 Å². The van der Waals surface area contributed by atoms with Crippen LogP contribution < -0.4 is 5.32 Å². The van der Waals surface area contributed by atoms with Crippen molar-refractivity contribution in [2.45, 2.75) is 44.7 Å². The molecule has 1 nitrogen and oxygen atoms in total. The number of halogens is 2. The van der Waals surface area contributed by atoms with E-state index in [0.29, 0.717) is 6.04 Å². The molecule has 0 bridgehead atoms. The van der Waals surface area contributed by atoms with Crippen molar-refractivity contribution in [2.24, 2.45) is 0 Å². The van der Waals surface area contributed by atoms with Gasteiger partial charge in [-0.15, -0.1) is 0 Å². The minimum Gasteiger partial charge on any atom is -0.311 e. The molecule has 1 aliphatic rings. The zero-order valence-electron chi connectivity index (χ0n) is 6.32. The van der Waals surface area contributed by atoms with Gasteiger partial charge in [-0.1, -0.05) is 13.8 Å². The molecule has 0 aromatic rings. The van der Waals surface area contributed by atoms with Crippen molar-refractivity contribution < 1.29 is 8.78 Å². The molecule has 1 aliphatic carbocycles. The number of rotatable bonds is 2. The zero-order chi connectivity index (χ0) is 7.78. The van der Waals surface area contributed by atoms with E-state index in [0.717, 1.165) is 0 Å². The highest BCUT2D eigenvalue weighted by atomic mass is 19.3. The quantitative estimate of drug-likeness (QED) is 0.631. The second-order valence-electron chi connectivity index (χ2n) is 3.28. The molecule has 1 fully saturated rings. The van der Waals surface area contributed by atoms with Crippen LogP contribution in [-0.4, -0.2) is 18.0 Å². The maximum atomic E-state index is 12.2. The first-order valence-electron chi connectivity index (χ1n) is 3.63. The molecule has 10 heavy (non-hydrogen) atoms. The summed E-state index contributed by atoms with van der Waals surface area (Å²) in [5, 5.41) is 3.05. The lowest BCUT2D eigenvalue weighted by Gasteiger charge is -2.36. The molecule has 0 saturated heterocycles. The molecular formula is C7H13F2N. The van der Waals surface area contributed by atoms with Gasteiger partial charge in [-0.25, -0.2) is 8.78 Å². The Morgan fingerprint density at radius 2 is 1.90 bits per heavy atom. The van der Waals surface area contributed by atoms with Crippen molar-refractivity contribution in [1.82, 2.24) is 5.32 Å². The number of hydrogen-bond acceptors (Lipinski definition) is 1. The molecule has 0 heterocycles. The van der Waals surface area contributed by atoms with Crippen molar-refractivity contribution in [1.29, 1.82) is 0 Å². The maximum Gasteiger partial charge on any atom is 0.251 e. The van der Waals surface area contributed by atoms with Gasteiger partial charge in [-0.2, -0.15) is 0 Å². The molecule has 0 spiro atoms. The fourth-order valence-corrected chi connectivity index (χ4v) is 1.25. The third kappa shape index (κ3) is 1.90. The van der Waals surface area contributed by atoms with Crippen LogP contribution in [0.5, 0.6) is 0 Å². The average molecular weight is 149 g/mol. The predicted octanol–water partition coefficient (Wildman–Crippen LogP) is 1.78. The maximum absolute atomic E-state index is 12.2. The van der Waals surface area contributed by atoms with Crippen LogP contribution in [-0.2, 0) is 0 Å². The van der Waals surface area contributed by atoms with Gasteiger partial charge >= 0.3 is 0 Å². The van der Waals surface area contributed by atoms with Gasteiger partial charge in [0.2, 0.25) is 0 Å². The van der Waals surface area contributed by atoms with Crippen LogP contribution in [0, 0.1) is 0 Å². The summed E-state index contributed by atoms with van der Waals surface area (Å²) in [6.07, 6.45) is 0.0381. The minimum atomic E-state index is -2.38. The van der Waals surface area contributed by atoms with Crippen LogP contribution >= 0.6 is 0 Å². The lowest BCUT2D eigenvalue weighted by Crippen LogP contribution is -2.50. The Bertz CT molecular complexity index is 112. The van der Waals surface area contributed by atoms with E-state index in [1.807, 2.05) is 13.8 Å². The van der Waals surface area contributed by atoms with Crippen LogP contribution in [0.25, 0.3) is 0 Å². The smallest absolute Gasteiger partial charge is 0.251 e. The van der Waals surface area contributed by atoms with E-state index in [9.17, 15) is 8.78 Å². The zero-order valence-corrected chi connectivity index (χ0v) is 6.32. The molecule has 0 amide bonds. The second-order valence-corrected chi connectivity index (χ2v) is 3.28. The Balaban J connectivity index is 2.15. The molecule has 0 radical (unpaired) electrons. The minimum absolute atomic E-state index is 0.0190. The van der Waals surface area contributed by atoms with E-state index in [4.69, 9.17) is 0 Å². The van der Waals surface area contributed by atoms with E-state index < -0.39 is 5.92 Å². The summed E-state index contributed by atoms with van der Waals surface area (Å²) in [6.45, 7) is 3.94. The van der Waals surface area contributed by atoms with E-state index >= 15 is 0 Å². The van der Waals surface area contributed by atoms with Gasteiger partial charge < -0.3 is 5.32 Å². The Kier molecular flexibility index (Phi) is 1.95. The van der Waals surface area contributed by atoms with Crippen LogP contribution in [0.1, 0.15) is 26.7 Å². The monoisotopic (exact) mass is 149 g/mol. The van der Waals surface area contributed by atoms with Gasteiger partial charge in [0, 0.05) is 24.9 Å². The molecule has 1 rings (SSSR count). The van der Waals surface area contributed by atoms with Crippen LogP contribution in [0.2, 0.25) is 0 Å². The van der Waals surface area contributed by atoms with Crippen molar-refractivity contribution in [3.05, 3.63) is 0 Å². The standard InChI is InChI=1S/C7H13F2N/c1-5(2)10-6-3-7(8,9)4-6/h5-6,10H,3-4H2,1-2H3. The summed E-state index contributed by atoms with van der Waals surface area (Å²) >= 11 is 0.